The monoisotopic (exact) mass is 193 g/mol. The van der Waals surface area contributed by atoms with Crippen molar-refractivity contribution in [2.75, 3.05) is 11.4 Å². The predicted molar refractivity (Wildman–Crippen MR) is 48.8 cm³/mol. The van der Waals surface area contributed by atoms with E-state index in [1.807, 2.05) is 0 Å². The molecular weight excluding hydrogens is 185 g/mol. The first-order valence-electron chi connectivity index (χ1n) is 4.31. The summed E-state index contributed by atoms with van der Waals surface area (Å²) in [5.41, 5.74) is 0.667. The van der Waals surface area contributed by atoms with E-state index in [0.717, 1.165) is 6.07 Å². The quantitative estimate of drug-likeness (QED) is 0.632. The van der Waals surface area contributed by atoms with Crippen LogP contribution < -0.4 is 4.90 Å². The number of carbonyl (C=O) groups is 2. The fourth-order valence-corrected chi connectivity index (χ4v) is 1.59. The molecule has 0 atom stereocenters. The van der Waals surface area contributed by atoms with E-state index < -0.39 is 17.5 Å². The van der Waals surface area contributed by atoms with E-state index in [1.54, 1.807) is 6.92 Å². The zero-order valence-corrected chi connectivity index (χ0v) is 7.58. The summed E-state index contributed by atoms with van der Waals surface area (Å²) in [7, 11) is 0. The molecule has 0 N–H and O–H groups in total. The maximum atomic E-state index is 12.8. The second kappa shape index (κ2) is 2.90. The van der Waals surface area contributed by atoms with Crippen molar-refractivity contribution in [3.63, 3.8) is 0 Å². The molecule has 0 radical (unpaired) electrons. The van der Waals surface area contributed by atoms with Gasteiger partial charge in [-0.15, -0.1) is 0 Å². The Hall–Kier alpha value is -1.71. The van der Waals surface area contributed by atoms with Gasteiger partial charge in [-0.1, -0.05) is 0 Å². The van der Waals surface area contributed by atoms with Gasteiger partial charge in [0.25, 0.3) is 11.7 Å². The van der Waals surface area contributed by atoms with Crippen LogP contribution in [0.15, 0.2) is 18.2 Å². The molecule has 0 spiro atoms. The van der Waals surface area contributed by atoms with E-state index in [4.69, 9.17) is 0 Å². The summed E-state index contributed by atoms with van der Waals surface area (Å²) in [4.78, 5) is 24.1. The number of anilines is 1. The van der Waals surface area contributed by atoms with Crippen LogP contribution in [0, 0.1) is 5.82 Å². The van der Waals surface area contributed by atoms with Crippen molar-refractivity contribution in [1.29, 1.82) is 0 Å². The lowest BCUT2D eigenvalue weighted by atomic mass is 10.1. The number of Topliss-reactive ketones (excluding diaryl/α,β-unsaturated/α-hetero) is 1. The molecule has 4 heteroatoms. The molecule has 2 rings (SSSR count). The highest BCUT2D eigenvalue weighted by molar-refractivity contribution is 6.52. The number of fused-ring (bicyclic) bond motifs is 1. The van der Waals surface area contributed by atoms with E-state index in [9.17, 15) is 14.0 Å². The molecule has 0 bridgehead atoms. The number of hydrogen-bond donors (Lipinski definition) is 0. The summed E-state index contributed by atoms with van der Waals surface area (Å²) in [6.45, 7) is 2.19. The van der Waals surface area contributed by atoms with Crippen LogP contribution >= 0.6 is 0 Å². The number of rotatable bonds is 1. The summed E-state index contributed by atoms with van der Waals surface area (Å²) in [6, 6.07) is 3.80. The lowest BCUT2D eigenvalue weighted by Gasteiger charge is -2.12. The number of benzene rings is 1. The molecule has 0 aliphatic carbocycles. The van der Waals surface area contributed by atoms with Crippen LogP contribution in [0.2, 0.25) is 0 Å². The van der Waals surface area contributed by atoms with Crippen LogP contribution in [-0.2, 0) is 4.79 Å². The number of halogens is 1. The Bertz CT molecular complexity index is 428. The standard InChI is InChI=1S/C10H8FNO2/c1-2-12-8-4-3-6(11)5-7(8)9(13)10(12)14/h3-5H,2H2,1H3. The summed E-state index contributed by atoms with van der Waals surface area (Å²) in [5, 5.41) is 0. The van der Waals surface area contributed by atoms with Crippen LogP contribution in [0.3, 0.4) is 0 Å². The Labute approximate surface area is 80.1 Å². The van der Waals surface area contributed by atoms with Gasteiger partial charge < -0.3 is 4.90 Å². The second-order valence-corrected chi connectivity index (χ2v) is 3.04. The van der Waals surface area contributed by atoms with Crippen molar-refractivity contribution in [1.82, 2.24) is 0 Å². The van der Waals surface area contributed by atoms with Crippen LogP contribution in [0.4, 0.5) is 10.1 Å². The molecule has 0 aromatic heterocycles. The van der Waals surface area contributed by atoms with Crippen LogP contribution in [-0.4, -0.2) is 18.2 Å². The van der Waals surface area contributed by atoms with E-state index in [0.29, 0.717) is 12.2 Å². The van der Waals surface area contributed by atoms with Gasteiger partial charge in [0.1, 0.15) is 5.82 Å². The number of ketones is 1. The molecule has 1 aliphatic rings. The highest BCUT2D eigenvalue weighted by atomic mass is 19.1. The lowest BCUT2D eigenvalue weighted by molar-refractivity contribution is -0.114. The third-order valence-corrected chi connectivity index (χ3v) is 2.25. The van der Waals surface area contributed by atoms with Crippen LogP contribution in [0.1, 0.15) is 17.3 Å². The van der Waals surface area contributed by atoms with Crippen LogP contribution in [0.5, 0.6) is 0 Å². The minimum Gasteiger partial charge on any atom is -0.305 e. The minimum absolute atomic E-state index is 0.164. The average Bonchev–Trinajstić information content (AvgIpc) is 2.41. The number of amides is 1. The molecule has 72 valence electrons. The van der Waals surface area contributed by atoms with Crippen molar-refractivity contribution in [3.05, 3.63) is 29.6 Å². The Morgan fingerprint density at radius 2 is 2.07 bits per heavy atom. The van der Waals surface area contributed by atoms with Crippen molar-refractivity contribution in [2.24, 2.45) is 0 Å². The lowest BCUT2D eigenvalue weighted by Crippen LogP contribution is -2.29. The Kier molecular flexibility index (Phi) is 1.84. The predicted octanol–water partition coefficient (Wildman–Crippen LogP) is 1.37. The topological polar surface area (TPSA) is 37.4 Å². The van der Waals surface area contributed by atoms with Gasteiger partial charge in [0.05, 0.1) is 11.3 Å². The van der Waals surface area contributed by atoms with Gasteiger partial charge in [-0.05, 0) is 25.1 Å². The van der Waals surface area contributed by atoms with Gasteiger partial charge >= 0.3 is 0 Å². The molecule has 1 heterocycles. The number of hydrogen-bond acceptors (Lipinski definition) is 2. The number of carbonyl (C=O) groups excluding carboxylic acids is 2. The van der Waals surface area contributed by atoms with Gasteiger partial charge in [0.2, 0.25) is 0 Å². The zero-order valence-electron chi connectivity index (χ0n) is 7.58. The third-order valence-electron chi connectivity index (χ3n) is 2.25. The first-order chi connectivity index (χ1) is 6.65. The Morgan fingerprint density at radius 3 is 2.71 bits per heavy atom. The van der Waals surface area contributed by atoms with E-state index in [1.165, 1.54) is 17.0 Å². The number of likely N-dealkylation sites (N-methyl/N-ethyl adjacent to an activating group) is 1. The molecule has 1 amide bonds. The molecule has 1 aromatic carbocycles. The molecule has 14 heavy (non-hydrogen) atoms. The Balaban J connectivity index is 2.61. The first kappa shape index (κ1) is 8.87. The third kappa shape index (κ3) is 1.04. The largest absolute Gasteiger partial charge is 0.305 e. The minimum atomic E-state index is -0.624. The zero-order chi connectivity index (χ0) is 10.3. The highest BCUT2D eigenvalue weighted by Gasteiger charge is 2.34. The molecule has 0 saturated heterocycles. The summed E-state index contributed by atoms with van der Waals surface area (Å²) >= 11 is 0. The normalized spacial score (nSPS) is 14.9. The van der Waals surface area contributed by atoms with Gasteiger partial charge in [-0.25, -0.2) is 4.39 Å². The fourth-order valence-electron chi connectivity index (χ4n) is 1.59. The van der Waals surface area contributed by atoms with Gasteiger partial charge in [-0.2, -0.15) is 0 Å². The summed E-state index contributed by atoms with van der Waals surface area (Å²) in [6.07, 6.45) is 0. The molecule has 0 saturated carbocycles. The second-order valence-electron chi connectivity index (χ2n) is 3.04. The maximum absolute atomic E-state index is 12.8. The summed E-state index contributed by atoms with van der Waals surface area (Å²) < 4.78 is 12.8. The van der Waals surface area contributed by atoms with Gasteiger partial charge in [0, 0.05) is 6.54 Å². The fraction of sp³-hybridized carbons (Fsp3) is 0.200. The molecule has 1 aromatic rings. The molecule has 0 fully saturated rings. The Morgan fingerprint density at radius 1 is 1.36 bits per heavy atom. The van der Waals surface area contributed by atoms with Crippen molar-refractivity contribution < 1.29 is 14.0 Å². The summed E-state index contributed by atoms with van der Waals surface area (Å²) in [5.74, 6) is -1.70. The molecule has 3 nitrogen and oxygen atoms in total. The van der Waals surface area contributed by atoms with E-state index in [-0.39, 0.29) is 5.56 Å². The van der Waals surface area contributed by atoms with Crippen molar-refractivity contribution in [3.8, 4) is 0 Å². The van der Waals surface area contributed by atoms with Gasteiger partial charge in [-0.3, -0.25) is 9.59 Å². The van der Waals surface area contributed by atoms with Gasteiger partial charge in [0.15, 0.2) is 0 Å². The van der Waals surface area contributed by atoms with Crippen molar-refractivity contribution in [2.45, 2.75) is 6.92 Å². The van der Waals surface area contributed by atoms with Crippen LogP contribution in [0.25, 0.3) is 0 Å². The highest BCUT2D eigenvalue weighted by Crippen LogP contribution is 2.28. The SMILES string of the molecule is CCN1C(=O)C(=O)c2cc(F)ccc21. The number of nitrogens with zero attached hydrogens (tertiary/aromatic N) is 1. The first-order valence-corrected chi connectivity index (χ1v) is 4.31. The molecular formula is C10H8FNO2. The molecule has 0 unspecified atom stereocenters. The average molecular weight is 193 g/mol. The molecule has 1 aliphatic heterocycles. The van der Waals surface area contributed by atoms with Crippen molar-refractivity contribution >= 4 is 17.4 Å². The van der Waals surface area contributed by atoms with E-state index >= 15 is 0 Å². The smallest absolute Gasteiger partial charge is 0.299 e. The maximum Gasteiger partial charge on any atom is 0.299 e. The van der Waals surface area contributed by atoms with E-state index in [2.05, 4.69) is 0 Å².